The average Bonchev–Trinajstić information content (AvgIpc) is 2.80. The Labute approximate surface area is 135 Å². The van der Waals surface area contributed by atoms with Crippen molar-refractivity contribution in [1.29, 1.82) is 0 Å². The molecule has 22 heavy (non-hydrogen) atoms. The molecule has 0 radical (unpaired) electrons. The van der Waals surface area contributed by atoms with E-state index >= 15 is 0 Å². The lowest BCUT2D eigenvalue weighted by Crippen LogP contribution is -2.39. The maximum Gasteiger partial charge on any atom is 0.184 e. The fourth-order valence-electron chi connectivity index (χ4n) is 2.39. The highest BCUT2D eigenvalue weighted by Gasteiger charge is 2.45. The lowest BCUT2D eigenvalue weighted by Gasteiger charge is -2.23. The minimum absolute atomic E-state index is 0.250. The Kier molecular flexibility index (Phi) is 11.1. The average molecular weight is 318 g/mol. The van der Waals surface area contributed by atoms with Gasteiger partial charge in [0.25, 0.3) is 0 Å². The number of hydrogen-bond acceptors (Lipinski definition) is 5. The molecule has 0 saturated carbocycles. The third-order valence-electron chi connectivity index (χ3n) is 3.83. The Morgan fingerprint density at radius 2 is 1.36 bits per heavy atom. The minimum atomic E-state index is -0.928. The molecule has 4 atom stereocenters. The van der Waals surface area contributed by atoms with Crippen LogP contribution in [-0.2, 0) is 18.9 Å². The van der Waals surface area contributed by atoms with Gasteiger partial charge in [-0.15, -0.1) is 0 Å². The first-order chi connectivity index (χ1) is 10.7. The second-order valence-corrected chi connectivity index (χ2v) is 5.87. The van der Waals surface area contributed by atoms with Crippen LogP contribution in [0.25, 0.3) is 0 Å². The molecule has 1 N–H and O–H groups in total. The van der Waals surface area contributed by atoms with E-state index in [9.17, 15) is 5.11 Å². The molecule has 1 rings (SSSR count). The van der Waals surface area contributed by atoms with Crippen molar-refractivity contribution in [2.24, 2.45) is 0 Å². The highest BCUT2D eigenvalue weighted by atomic mass is 16.7. The predicted molar refractivity (Wildman–Crippen MR) is 85.9 cm³/mol. The van der Waals surface area contributed by atoms with Gasteiger partial charge in [0.05, 0.1) is 6.61 Å². The van der Waals surface area contributed by atoms with Crippen molar-refractivity contribution < 1.29 is 24.1 Å². The normalized spacial score (nSPS) is 28.4. The van der Waals surface area contributed by atoms with Gasteiger partial charge in [-0.3, -0.25) is 0 Å². The summed E-state index contributed by atoms with van der Waals surface area (Å²) in [7, 11) is 0. The molecule has 1 heterocycles. The van der Waals surface area contributed by atoms with E-state index in [1.807, 2.05) is 0 Å². The van der Waals surface area contributed by atoms with Gasteiger partial charge in [-0.1, -0.05) is 40.0 Å². The van der Waals surface area contributed by atoms with Crippen LogP contribution in [0.2, 0.25) is 0 Å². The molecule has 1 aliphatic rings. The summed E-state index contributed by atoms with van der Waals surface area (Å²) in [6, 6.07) is 0. The van der Waals surface area contributed by atoms with E-state index in [0.717, 1.165) is 45.1 Å². The number of hydrogen-bond donors (Lipinski definition) is 1. The maximum absolute atomic E-state index is 10.1. The lowest BCUT2D eigenvalue weighted by molar-refractivity contribution is -0.150. The summed E-state index contributed by atoms with van der Waals surface area (Å²) in [5, 5.41) is 10.1. The van der Waals surface area contributed by atoms with E-state index in [1.54, 1.807) is 0 Å². The van der Waals surface area contributed by atoms with Gasteiger partial charge < -0.3 is 24.1 Å². The van der Waals surface area contributed by atoms with Crippen LogP contribution in [0.5, 0.6) is 0 Å². The van der Waals surface area contributed by atoms with Crippen LogP contribution in [-0.4, -0.2) is 56.1 Å². The lowest BCUT2D eigenvalue weighted by atomic mass is 10.1. The minimum Gasteiger partial charge on any atom is -0.379 e. The van der Waals surface area contributed by atoms with Crippen LogP contribution in [0.15, 0.2) is 0 Å². The second-order valence-electron chi connectivity index (χ2n) is 5.87. The molecule has 5 heteroatoms. The molecule has 0 aromatic rings. The maximum atomic E-state index is 10.1. The summed E-state index contributed by atoms with van der Waals surface area (Å²) >= 11 is 0. The molecular weight excluding hydrogens is 284 g/mol. The van der Waals surface area contributed by atoms with Crippen molar-refractivity contribution in [1.82, 2.24) is 0 Å². The number of rotatable bonds is 13. The summed E-state index contributed by atoms with van der Waals surface area (Å²) in [6.45, 7) is 8.83. The molecule has 1 saturated heterocycles. The monoisotopic (exact) mass is 318 g/mol. The smallest absolute Gasteiger partial charge is 0.184 e. The highest BCUT2D eigenvalue weighted by molar-refractivity contribution is 4.89. The highest BCUT2D eigenvalue weighted by Crippen LogP contribution is 2.26. The Balaban J connectivity index is 2.48. The van der Waals surface area contributed by atoms with E-state index in [-0.39, 0.29) is 12.2 Å². The molecule has 1 aliphatic heterocycles. The molecule has 5 nitrogen and oxygen atoms in total. The van der Waals surface area contributed by atoms with Crippen LogP contribution >= 0.6 is 0 Å². The van der Waals surface area contributed by atoms with Gasteiger partial charge in [-0.2, -0.15) is 0 Å². The first kappa shape index (κ1) is 19.8. The third-order valence-corrected chi connectivity index (χ3v) is 3.83. The van der Waals surface area contributed by atoms with E-state index in [0.29, 0.717) is 19.8 Å². The van der Waals surface area contributed by atoms with Crippen molar-refractivity contribution in [2.45, 2.75) is 83.9 Å². The summed E-state index contributed by atoms with van der Waals surface area (Å²) in [5.41, 5.74) is 0. The zero-order chi connectivity index (χ0) is 16.2. The van der Waals surface area contributed by atoms with Crippen LogP contribution in [0, 0.1) is 0 Å². The quantitative estimate of drug-likeness (QED) is 0.529. The van der Waals surface area contributed by atoms with Gasteiger partial charge in [0.1, 0.15) is 18.3 Å². The zero-order valence-electron chi connectivity index (χ0n) is 14.5. The van der Waals surface area contributed by atoms with Crippen LogP contribution in [0.3, 0.4) is 0 Å². The predicted octanol–water partition coefficient (Wildman–Crippen LogP) is 2.89. The van der Waals surface area contributed by atoms with Gasteiger partial charge >= 0.3 is 0 Å². The summed E-state index contributed by atoms with van der Waals surface area (Å²) in [6.07, 6.45) is 4.41. The van der Waals surface area contributed by atoms with Crippen LogP contribution in [0.4, 0.5) is 0 Å². The number of aliphatic hydroxyl groups is 1. The second kappa shape index (κ2) is 12.3. The van der Waals surface area contributed by atoms with Crippen molar-refractivity contribution >= 4 is 0 Å². The Hall–Kier alpha value is -0.200. The van der Waals surface area contributed by atoms with E-state index < -0.39 is 12.4 Å². The van der Waals surface area contributed by atoms with Gasteiger partial charge in [-0.25, -0.2) is 0 Å². The molecule has 0 amide bonds. The molecule has 0 aromatic heterocycles. The molecule has 0 bridgehead atoms. The largest absolute Gasteiger partial charge is 0.379 e. The molecular formula is C17H34O5. The van der Waals surface area contributed by atoms with Gasteiger partial charge in [0.2, 0.25) is 0 Å². The van der Waals surface area contributed by atoms with Crippen molar-refractivity contribution in [2.75, 3.05) is 26.4 Å². The van der Waals surface area contributed by atoms with E-state index in [2.05, 4.69) is 20.8 Å². The first-order valence-electron chi connectivity index (χ1n) is 8.89. The zero-order valence-corrected chi connectivity index (χ0v) is 14.5. The van der Waals surface area contributed by atoms with Gasteiger partial charge in [-0.05, 0) is 19.3 Å². The Morgan fingerprint density at radius 3 is 1.95 bits per heavy atom. The number of ether oxygens (including phenoxy) is 4. The molecule has 132 valence electrons. The van der Waals surface area contributed by atoms with Crippen molar-refractivity contribution in [3.63, 3.8) is 0 Å². The van der Waals surface area contributed by atoms with Gasteiger partial charge in [0, 0.05) is 19.8 Å². The number of aliphatic hydroxyl groups excluding tert-OH is 1. The van der Waals surface area contributed by atoms with Gasteiger partial charge in [0.15, 0.2) is 6.29 Å². The third kappa shape index (κ3) is 6.92. The Morgan fingerprint density at radius 1 is 0.818 bits per heavy atom. The summed E-state index contributed by atoms with van der Waals surface area (Å²) in [4.78, 5) is 0. The molecule has 1 unspecified atom stereocenters. The van der Waals surface area contributed by atoms with Crippen molar-refractivity contribution in [3.05, 3.63) is 0 Å². The fraction of sp³-hybridized carbons (Fsp3) is 1.00. The molecule has 1 fully saturated rings. The molecule has 0 aliphatic carbocycles. The van der Waals surface area contributed by atoms with Crippen LogP contribution in [0.1, 0.15) is 59.3 Å². The van der Waals surface area contributed by atoms with Crippen LogP contribution < -0.4 is 0 Å². The fourth-order valence-corrected chi connectivity index (χ4v) is 2.39. The van der Waals surface area contributed by atoms with E-state index in [4.69, 9.17) is 18.9 Å². The topological polar surface area (TPSA) is 57.2 Å². The standard InChI is InChI=1S/C17H34O5/c1-4-7-10-19-13-14-15(20-11-8-5-2)16(17(18)22-14)21-12-9-6-3/h14-18H,4-13H2,1-3H3/t14-,15+,16+,17?/m0/s1. The summed E-state index contributed by atoms with van der Waals surface area (Å²) in [5.74, 6) is 0. The van der Waals surface area contributed by atoms with Crippen molar-refractivity contribution in [3.8, 4) is 0 Å². The summed E-state index contributed by atoms with van der Waals surface area (Å²) < 4.78 is 23.0. The molecule has 0 spiro atoms. The molecule has 0 aromatic carbocycles. The SMILES string of the molecule is CCCCOC[C@@H]1OC(O)[C@H](OCCCC)[C@@H]1OCCCC. The Bertz CT molecular complexity index is 261. The van der Waals surface area contributed by atoms with E-state index in [1.165, 1.54) is 0 Å². The first-order valence-corrected chi connectivity index (χ1v) is 8.89. The number of unbranched alkanes of at least 4 members (excludes halogenated alkanes) is 3.